The zero-order valence-electron chi connectivity index (χ0n) is 15.0. The van der Waals surface area contributed by atoms with E-state index in [1.54, 1.807) is 23.5 Å². The van der Waals surface area contributed by atoms with Gasteiger partial charge in [0.1, 0.15) is 5.82 Å². The molecule has 0 spiro atoms. The van der Waals surface area contributed by atoms with Gasteiger partial charge in [-0.15, -0.1) is 20.4 Å². The average Bonchev–Trinajstić information content (AvgIpc) is 3.30. The van der Waals surface area contributed by atoms with E-state index in [2.05, 4.69) is 37.1 Å². The minimum atomic E-state index is 0.656. The normalized spacial score (nSPS) is 11.0. The Morgan fingerprint density at radius 2 is 1.48 bits per heavy atom. The Bertz CT molecular complexity index is 1030. The van der Waals surface area contributed by atoms with Gasteiger partial charge in [-0.05, 0) is 18.4 Å². The van der Waals surface area contributed by atoms with E-state index in [0.717, 1.165) is 33.2 Å². The minimum absolute atomic E-state index is 0.656. The summed E-state index contributed by atoms with van der Waals surface area (Å²) < 4.78 is 4.10. The fourth-order valence-corrected chi connectivity index (χ4v) is 4.11. The van der Waals surface area contributed by atoms with Gasteiger partial charge in [0.15, 0.2) is 16.1 Å². The Hall–Kier alpha value is -2.58. The third-order valence-electron chi connectivity index (χ3n) is 4.09. The number of hydrogen-bond donors (Lipinski definition) is 0. The molecule has 0 saturated heterocycles. The summed E-state index contributed by atoms with van der Waals surface area (Å²) in [5.41, 5.74) is 2.11. The smallest absolute Gasteiger partial charge is 0.195 e. The molecule has 0 unspecified atom stereocenters. The van der Waals surface area contributed by atoms with Gasteiger partial charge in [0, 0.05) is 18.3 Å². The molecule has 4 rings (SSSR count). The van der Waals surface area contributed by atoms with Crippen molar-refractivity contribution in [3.63, 3.8) is 0 Å². The number of nitrogens with zero attached hydrogens (tertiary/aromatic N) is 6. The van der Waals surface area contributed by atoms with Crippen molar-refractivity contribution in [1.29, 1.82) is 0 Å². The van der Waals surface area contributed by atoms with Gasteiger partial charge in [0.05, 0.1) is 5.75 Å². The Morgan fingerprint density at radius 3 is 2.19 bits per heavy atom. The van der Waals surface area contributed by atoms with E-state index in [1.807, 2.05) is 66.4 Å². The molecular weight excluding hydrogens is 376 g/mol. The van der Waals surface area contributed by atoms with Crippen LogP contribution in [0.4, 0.5) is 0 Å². The molecule has 27 heavy (non-hydrogen) atoms. The molecule has 136 valence electrons. The summed E-state index contributed by atoms with van der Waals surface area (Å²) >= 11 is 3.19. The Morgan fingerprint density at radius 1 is 0.815 bits per heavy atom. The van der Waals surface area contributed by atoms with Crippen LogP contribution in [0.3, 0.4) is 0 Å². The van der Waals surface area contributed by atoms with Crippen LogP contribution in [0.1, 0.15) is 5.82 Å². The van der Waals surface area contributed by atoms with Crippen molar-refractivity contribution in [3.05, 3.63) is 66.5 Å². The first-order valence-corrected chi connectivity index (χ1v) is 10.6. The molecular formula is C19H18N6S2. The topological polar surface area (TPSA) is 61.4 Å². The fourth-order valence-electron chi connectivity index (χ4n) is 2.77. The first-order valence-electron chi connectivity index (χ1n) is 8.39. The monoisotopic (exact) mass is 394 g/mol. The minimum Gasteiger partial charge on any atom is -0.305 e. The van der Waals surface area contributed by atoms with E-state index < -0.39 is 0 Å². The highest BCUT2D eigenvalue weighted by molar-refractivity contribution is 7.98. The molecule has 8 heteroatoms. The van der Waals surface area contributed by atoms with Crippen LogP contribution in [-0.2, 0) is 12.8 Å². The highest BCUT2D eigenvalue weighted by atomic mass is 32.2. The molecule has 4 aromatic rings. The van der Waals surface area contributed by atoms with Gasteiger partial charge in [0.2, 0.25) is 0 Å². The van der Waals surface area contributed by atoms with Gasteiger partial charge in [-0.1, -0.05) is 72.1 Å². The van der Waals surface area contributed by atoms with E-state index in [1.165, 1.54) is 0 Å². The summed E-state index contributed by atoms with van der Waals surface area (Å²) in [5, 5.41) is 19.1. The van der Waals surface area contributed by atoms with Crippen molar-refractivity contribution in [1.82, 2.24) is 29.5 Å². The Balaban J connectivity index is 1.59. The SMILES string of the molecule is CSc1nnc(CSc2nnc(-c3ccccc3)n2C)n1-c1ccccc1. The summed E-state index contributed by atoms with van der Waals surface area (Å²) in [7, 11) is 1.99. The molecule has 0 amide bonds. The number of para-hydroxylation sites is 1. The zero-order chi connectivity index (χ0) is 18.6. The fraction of sp³-hybridized carbons (Fsp3) is 0.158. The molecule has 0 saturated carbocycles. The van der Waals surface area contributed by atoms with Crippen LogP contribution in [0, 0.1) is 0 Å². The molecule has 0 radical (unpaired) electrons. The molecule has 0 fully saturated rings. The second-order valence-corrected chi connectivity index (χ2v) is 7.51. The maximum Gasteiger partial charge on any atom is 0.195 e. The summed E-state index contributed by atoms with van der Waals surface area (Å²) in [6, 6.07) is 20.2. The Kier molecular flexibility index (Phi) is 5.26. The van der Waals surface area contributed by atoms with Crippen molar-refractivity contribution in [3.8, 4) is 17.1 Å². The van der Waals surface area contributed by atoms with E-state index in [4.69, 9.17) is 0 Å². The first kappa shape index (κ1) is 17.8. The molecule has 0 aliphatic rings. The van der Waals surface area contributed by atoms with Crippen LogP contribution in [0.5, 0.6) is 0 Å². The molecule has 0 aliphatic carbocycles. The molecule has 0 bridgehead atoms. The van der Waals surface area contributed by atoms with Gasteiger partial charge < -0.3 is 4.57 Å². The summed E-state index contributed by atoms with van der Waals surface area (Å²) in [5.74, 6) is 2.40. The van der Waals surface area contributed by atoms with Gasteiger partial charge in [-0.25, -0.2) is 0 Å². The van der Waals surface area contributed by atoms with Crippen LogP contribution in [0.15, 0.2) is 71.0 Å². The maximum atomic E-state index is 4.39. The molecule has 2 aromatic carbocycles. The number of thioether (sulfide) groups is 2. The number of benzene rings is 2. The Labute approximate surface area is 166 Å². The lowest BCUT2D eigenvalue weighted by Gasteiger charge is -2.09. The predicted octanol–water partition coefficient (Wildman–Crippen LogP) is 4.08. The van der Waals surface area contributed by atoms with Gasteiger partial charge in [0.25, 0.3) is 0 Å². The number of rotatable bonds is 6. The van der Waals surface area contributed by atoms with Crippen molar-refractivity contribution >= 4 is 23.5 Å². The molecule has 2 heterocycles. The van der Waals surface area contributed by atoms with Crippen molar-refractivity contribution in [2.45, 2.75) is 16.1 Å². The summed E-state index contributed by atoms with van der Waals surface area (Å²) in [4.78, 5) is 0. The van der Waals surface area contributed by atoms with Crippen molar-refractivity contribution in [2.75, 3.05) is 6.26 Å². The van der Waals surface area contributed by atoms with Crippen LogP contribution >= 0.6 is 23.5 Å². The molecule has 2 aromatic heterocycles. The molecule has 0 N–H and O–H groups in total. The van der Waals surface area contributed by atoms with Gasteiger partial charge in [-0.3, -0.25) is 4.57 Å². The quantitative estimate of drug-likeness (QED) is 0.459. The van der Waals surface area contributed by atoms with E-state index >= 15 is 0 Å². The number of aromatic nitrogens is 6. The van der Waals surface area contributed by atoms with Crippen LogP contribution < -0.4 is 0 Å². The highest BCUT2D eigenvalue weighted by Gasteiger charge is 2.16. The van der Waals surface area contributed by atoms with E-state index in [-0.39, 0.29) is 0 Å². The van der Waals surface area contributed by atoms with Crippen molar-refractivity contribution < 1.29 is 0 Å². The lowest BCUT2D eigenvalue weighted by atomic mass is 10.2. The third-order valence-corrected chi connectivity index (χ3v) is 5.74. The second-order valence-electron chi connectivity index (χ2n) is 5.79. The third kappa shape index (κ3) is 3.63. The van der Waals surface area contributed by atoms with Gasteiger partial charge >= 0.3 is 0 Å². The van der Waals surface area contributed by atoms with E-state index in [9.17, 15) is 0 Å². The van der Waals surface area contributed by atoms with Crippen molar-refractivity contribution in [2.24, 2.45) is 7.05 Å². The summed E-state index contributed by atoms with van der Waals surface area (Å²) in [6.45, 7) is 0. The molecule has 0 aliphatic heterocycles. The van der Waals surface area contributed by atoms with E-state index in [0.29, 0.717) is 5.75 Å². The predicted molar refractivity (Wildman–Crippen MR) is 109 cm³/mol. The standard InChI is InChI=1S/C19H18N6S2/c1-24-17(14-9-5-3-6-10-14)21-22-18(24)27-13-16-20-23-19(26-2)25(16)15-11-7-4-8-12-15/h3-12H,13H2,1-2H3. The average molecular weight is 395 g/mol. The highest BCUT2D eigenvalue weighted by Crippen LogP contribution is 2.27. The summed E-state index contributed by atoms with van der Waals surface area (Å²) in [6.07, 6.45) is 2.01. The largest absolute Gasteiger partial charge is 0.305 e. The van der Waals surface area contributed by atoms with Crippen LogP contribution in [-0.4, -0.2) is 35.8 Å². The number of hydrogen-bond acceptors (Lipinski definition) is 6. The lowest BCUT2D eigenvalue weighted by Crippen LogP contribution is -2.02. The first-order chi connectivity index (χ1) is 13.3. The maximum absolute atomic E-state index is 4.39. The molecule has 6 nitrogen and oxygen atoms in total. The second kappa shape index (κ2) is 7.98. The lowest BCUT2D eigenvalue weighted by molar-refractivity contribution is 0.791. The van der Waals surface area contributed by atoms with Crippen LogP contribution in [0.25, 0.3) is 17.1 Å². The van der Waals surface area contributed by atoms with Gasteiger partial charge in [-0.2, -0.15) is 0 Å². The zero-order valence-corrected chi connectivity index (χ0v) is 16.6. The molecule has 0 atom stereocenters. The van der Waals surface area contributed by atoms with Crippen LogP contribution in [0.2, 0.25) is 0 Å².